The minimum Gasteiger partial charge on any atom is -0.493 e. The van der Waals surface area contributed by atoms with Crippen molar-refractivity contribution in [3.8, 4) is 11.5 Å². The Morgan fingerprint density at radius 3 is 2.61 bits per heavy atom. The number of carbonyl (C=O) groups is 2. The van der Waals surface area contributed by atoms with E-state index in [1.165, 1.54) is 0 Å². The van der Waals surface area contributed by atoms with Crippen LogP contribution in [-0.4, -0.2) is 32.7 Å². The summed E-state index contributed by atoms with van der Waals surface area (Å²) in [6.07, 6.45) is 0.129. The number of ether oxygens (including phenoxy) is 3. The van der Waals surface area contributed by atoms with Gasteiger partial charge < -0.3 is 14.2 Å². The van der Waals surface area contributed by atoms with Crippen molar-refractivity contribution >= 4 is 33.5 Å². The zero-order chi connectivity index (χ0) is 19.8. The molecule has 0 saturated heterocycles. The summed E-state index contributed by atoms with van der Waals surface area (Å²) in [5.41, 5.74) is 2.50. The summed E-state index contributed by atoms with van der Waals surface area (Å²) in [5, 5.41) is 0. The molecule has 0 spiro atoms. The number of esters is 1. The lowest BCUT2D eigenvalue weighted by Crippen LogP contribution is -2.37. The Kier molecular flexibility index (Phi) is 4.85. The van der Waals surface area contributed by atoms with Gasteiger partial charge in [0.25, 0.3) is 0 Å². The summed E-state index contributed by atoms with van der Waals surface area (Å²) in [6.45, 7) is 0.0647. The van der Waals surface area contributed by atoms with E-state index in [9.17, 15) is 9.59 Å². The van der Waals surface area contributed by atoms with Gasteiger partial charge in [-0.25, -0.2) is 4.79 Å². The van der Waals surface area contributed by atoms with Gasteiger partial charge in [0.05, 0.1) is 25.5 Å². The first kappa shape index (κ1) is 18.6. The molecule has 2 aromatic carbocycles. The van der Waals surface area contributed by atoms with Gasteiger partial charge in [0.1, 0.15) is 6.61 Å². The highest BCUT2D eigenvalue weighted by Crippen LogP contribution is 2.46. The number of rotatable bonds is 4. The molecule has 0 fully saturated rings. The molecule has 0 bridgehead atoms. The number of hydrogen-bond acceptors (Lipinski definition) is 5. The van der Waals surface area contributed by atoms with Crippen LogP contribution in [0.25, 0.3) is 0 Å². The average Bonchev–Trinajstić information content (AvgIpc) is 3.08. The molecule has 144 valence electrons. The van der Waals surface area contributed by atoms with Gasteiger partial charge in [0.2, 0.25) is 5.91 Å². The van der Waals surface area contributed by atoms with Crippen LogP contribution in [0.4, 0.5) is 5.69 Å². The van der Waals surface area contributed by atoms with Crippen molar-refractivity contribution in [2.75, 3.05) is 25.7 Å². The fraction of sp³-hybridized carbons (Fsp3) is 0.238. The minimum absolute atomic E-state index is 0.0647. The number of amides is 1. The first-order chi connectivity index (χ1) is 13.5. The molecule has 2 aromatic rings. The second-order valence-electron chi connectivity index (χ2n) is 6.48. The monoisotopic (exact) mass is 443 g/mol. The van der Waals surface area contributed by atoms with Crippen molar-refractivity contribution in [3.05, 3.63) is 63.8 Å². The Labute approximate surface area is 170 Å². The van der Waals surface area contributed by atoms with Gasteiger partial charge >= 0.3 is 5.97 Å². The Bertz CT molecular complexity index is 1000. The summed E-state index contributed by atoms with van der Waals surface area (Å²) < 4.78 is 17.1. The average molecular weight is 444 g/mol. The number of nitrogens with zero attached hydrogens (tertiary/aromatic N) is 1. The predicted molar refractivity (Wildman–Crippen MR) is 107 cm³/mol. The number of carbonyl (C=O) groups excluding carboxylic acids is 2. The third-order valence-electron chi connectivity index (χ3n) is 4.99. The molecule has 1 atom stereocenters. The molecular formula is C21H18BrNO5. The predicted octanol–water partition coefficient (Wildman–Crippen LogP) is 3.80. The van der Waals surface area contributed by atoms with Crippen LogP contribution in [0.2, 0.25) is 0 Å². The van der Waals surface area contributed by atoms with Crippen molar-refractivity contribution in [3.63, 3.8) is 0 Å². The fourth-order valence-electron chi connectivity index (χ4n) is 3.82. The van der Waals surface area contributed by atoms with E-state index in [0.29, 0.717) is 28.5 Å². The topological polar surface area (TPSA) is 65.1 Å². The van der Waals surface area contributed by atoms with Gasteiger partial charge in [0, 0.05) is 28.1 Å². The van der Waals surface area contributed by atoms with Crippen LogP contribution in [0, 0.1) is 0 Å². The van der Waals surface area contributed by atoms with E-state index in [-0.39, 0.29) is 18.9 Å². The third kappa shape index (κ3) is 2.96. The molecule has 2 heterocycles. The largest absolute Gasteiger partial charge is 0.493 e. The maximum atomic E-state index is 13.1. The lowest BCUT2D eigenvalue weighted by Gasteiger charge is -2.32. The highest BCUT2D eigenvalue weighted by molar-refractivity contribution is 9.10. The van der Waals surface area contributed by atoms with E-state index in [0.717, 1.165) is 10.0 Å². The highest BCUT2D eigenvalue weighted by atomic mass is 79.9. The van der Waals surface area contributed by atoms with Crippen molar-refractivity contribution in [1.29, 1.82) is 0 Å². The van der Waals surface area contributed by atoms with Gasteiger partial charge in [-0.15, -0.1) is 0 Å². The Hall–Kier alpha value is -2.80. The molecule has 0 aromatic heterocycles. The Morgan fingerprint density at radius 2 is 1.89 bits per heavy atom. The van der Waals surface area contributed by atoms with Crippen molar-refractivity contribution in [2.24, 2.45) is 0 Å². The molecule has 1 amide bonds. The van der Waals surface area contributed by atoms with E-state index in [1.807, 2.05) is 36.4 Å². The molecular weight excluding hydrogens is 426 g/mol. The van der Waals surface area contributed by atoms with Crippen LogP contribution >= 0.6 is 15.9 Å². The number of benzene rings is 2. The third-order valence-corrected chi connectivity index (χ3v) is 5.49. The Morgan fingerprint density at radius 1 is 1.11 bits per heavy atom. The second kappa shape index (κ2) is 7.31. The number of para-hydroxylation sites is 1. The fourth-order valence-corrected chi connectivity index (χ4v) is 4.21. The normalized spacial score (nSPS) is 18.8. The summed E-state index contributed by atoms with van der Waals surface area (Å²) in [6, 6.07) is 12.9. The molecule has 1 unspecified atom stereocenters. The summed E-state index contributed by atoms with van der Waals surface area (Å²) in [5.74, 6) is 0.106. The highest BCUT2D eigenvalue weighted by Gasteiger charge is 2.44. The van der Waals surface area contributed by atoms with Gasteiger partial charge in [0.15, 0.2) is 11.5 Å². The van der Waals surface area contributed by atoms with Crippen molar-refractivity contribution in [1.82, 2.24) is 0 Å². The molecule has 2 aliphatic rings. The molecule has 0 aliphatic carbocycles. The summed E-state index contributed by atoms with van der Waals surface area (Å²) >= 11 is 3.43. The zero-order valence-electron chi connectivity index (χ0n) is 15.4. The first-order valence-corrected chi connectivity index (χ1v) is 9.54. The van der Waals surface area contributed by atoms with Crippen LogP contribution in [0.3, 0.4) is 0 Å². The van der Waals surface area contributed by atoms with Crippen molar-refractivity contribution < 1.29 is 23.8 Å². The molecule has 0 N–H and O–H groups in total. The Balaban J connectivity index is 1.87. The molecule has 4 rings (SSSR count). The molecule has 28 heavy (non-hydrogen) atoms. The quantitative estimate of drug-likeness (QED) is 0.672. The summed E-state index contributed by atoms with van der Waals surface area (Å²) in [4.78, 5) is 27.3. The SMILES string of the molecule is COc1cccc(C2CC(=O)N(c3cccc(Br)c3)C3=C2C(=O)OC3)c1OC. The van der Waals surface area contributed by atoms with Crippen LogP contribution in [0.1, 0.15) is 17.9 Å². The number of anilines is 1. The molecule has 7 heteroatoms. The van der Waals surface area contributed by atoms with Crippen LogP contribution < -0.4 is 14.4 Å². The number of halogens is 1. The number of methoxy groups -OCH3 is 2. The molecule has 2 aliphatic heterocycles. The zero-order valence-corrected chi connectivity index (χ0v) is 17.0. The van der Waals surface area contributed by atoms with E-state index < -0.39 is 11.9 Å². The van der Waals surface area contributed by atoms with E-state index >= 15 is 0 Å². The number of cyclic esters (lactones) is 1. The van der Waals surface area contributed by atoms with Gasteiger partial charge in [-0.1, -0.05) is 34.1 Å². The summed E-state index contributed by atoms with van der Waals surface area (Å²) in [7, 11) is 3.10. The van der Waals surface area contributed by atoms with E-state index in [2.05, 4.69) is 15.9 Å². The van der Waals surface area contributed by atoms with Gasteiger partial charge in [-0.2, -0.15) is 0 Å². The maximum Gasteiger partial charge on any atom is 0.336 e. The standard InChI is InChI=1S/C21H18BrNO5/c1-26-17-8-4-7-14(20(17)27-2)15-10-18(24)23(13-6-3-5-12(22)9-13)16-11-28-21(25)19(15)16/h3-9,15H,10-11H2,1-2H3. The van der Waals surface area contributed by atoms with Gasteiger partial charge in [-0.05, 0) is 24.3 Å². The lowest BCUT2D eigenvalue weighted by atomic mass is 9.83. The molecule has 0 saturated carbocycles. The van der Waals surface area contributed by atoms with E-state index in [1.54, 1.807) is 25.2 Å². The number of hydrogen-bond donors (Lipinski definition) is 0. The maximum absolute atomic E-state index is 13.1. The molecule has 0 radical (unpaired) electrons. The lowest BCUT2D eigenvalue weighted by molar-refractivity contribution is -0.136. The van der Waals surface area contributed by atoms with Crippen LogP contribution in [0.15, 0.2) is 58.2 Å². The smallest absolute Gasteiger partial charge is 0.336 e. The second-order valence-corrected chi connectivity index (χ2v) is 7.40. The van der Waals surface area contributed by atoms with Crippen LogP contribution in [0.5, 0.6) is 11.5 Å². The van der Waals surface area contributed by atoms with Gasteiger partial charge in [-0.3, -0.25) is 9.69 Å². The molecule has 6 nitrogen and oxygen atoms in total. The van der Waals surface area contributed by atoms with E-state index in [4.69, 9.17) is 14.2 Å². The minimum atomic E-state index is -0.453. The first-order valence-electron chi connectivity index (χ1n) is 8.74. The van der Waals surface area contributed by atoms with Crippen LogP contribution in [-0.2, 0) is 14.3 Å². The van der Waals surface area contributed by atoms with Crippen molar-refractivity contribution in [2.45, 2.75) is 12.3 Å².